The normalized spacial score (nSPS) is 11.5. The van der Waals surface area contributed by atoms with E-state index in [0.29, 0.717) is 0 Å². The molecule has 0 aromatic heterocycles. The predicted molar refractivity (Wildman–Crippen MR) is 49.1 cm³/mol. The van der Waals surface area contributed by atoms with Gasteiger partial charge < -0.3 is 5.11 Å². The van der Waals surface area contributed by atoms with Crippen LogP contribution in [0.2, 0.25) is 5.02 Å². The summed E-state index contributed by atoms with van der Waals surface area (Å²) in [5, 5.41) is 18.5. The van der Waals surface area contributed by atoms with E-state index in [1.807, 2.05) is 0 Å². The van der Waals surface area contributed by atoms with E-state index in [-0.39, 0.29) is 0 Å². The average molecular weight is 238 g/mol. The summed E-state index contributed by atoms with van der Waals surface area (Å²) >= 11 is 5.44. The molecule has 1 aromatic rings. The van der Waals surface area contributed by atoms with Gasteiger partial charge in [0.2, 0.25) is 0 Å². The molecule has 0 atom stereocenters. The van der Waals surface area contributed by atoms with Crippen molar-refractivity contribution in [2.45, 2.75) is 5.92 Å². The number of aliphatic hydroxyl groups is 1. The Hall–Kier alpha value is -1.27. The molecule has 4 nitrogen and oxygen atoms in total. The Balaban J connectivity index is 3.44. The minimum Gasteiger partial charge on any atom is -0.390 e. The van der Waals surface area contributed by atoms with Crippen LogP contribution in [0.1, 0.15) is 5.56 Å². The van der Waals surface area contributed by atoms with Gasteiger partial charge >= 0.3 is 5.92 Å². The second kappa shape index (κ2) is 4.08. The first-order valence-corrected chi connectivity index (χ1v) is 4.20. The van der Waals surface area contributed by atoms with Crippen molar-refractivity contribution in [1.29, 1.82) is 0 Å². The summed E-state index contributed by atoms with van der Waals surface area (Å²) in [5.74, 6) is -3.72. The fourth-order valence-electron chi connectivity index (χ4n) is 1.11. The predicted octanol–water partition coefficient (Wildman–Crippen LogP) is 2.33. The van der Waals surface area contributed by atoms with Crippen LogP contribution >= 0.6 is 11.6 Å². The van der Waals surface area contributed by atoms with Crippen LogP contribution in [0.15, 0.2) is 18.2 Å². The monoisotopic (exact) mass is 237 g/mol. The lowest BCUT2D eigenvalue weighted by molar-refractivity contribution is -0.387. The number of hydrogen-bond donors (Lipinski definition) is 1. The Bertz CT molecular complexity index is 397. The topological polar surface area (TPSA) is 63.4 Å². The van der Waals surface area contributed by atoms with Gasteiger partial charge in [-0.25, -0.2) is 0 Å². The summed E-state index contributed by atoms with van der Waals surface area (Å²) in [6.07, 6.45) is 0. The largest absolute Gasteiger partial charge is 0.390 e. The second-order valence-electron chi connectivity index (χ2n) is 2.75. The van der Waals surface area contributed by atoms with Gasteiger partial charge in [-0.05, 0) is 6.07 Å². The van der Waals surface area contributed by atoms with E-state index >= 15 is 0 Å². The van der Waals surface area contributed by atoms with Crippen molar-refractivity contribution in [2.75, 3.05) is 6.61 Å². The highest BCUT2D eigenvalue weighted by Crippen LogP contribution is 2.39. The van der Waals surface area contributed by atoms with Crippen molar-refractivity contribution in [2.24, 2.45) is 0 Å². The standard InChI is InChI=1S/C8H6ClF2NO3/c9-5-2-1-3-6(12(14)15)7(5)8(10,11)4-13/h1-3,13H,4H2. The quantitative estimate of drug-likeness (QED) is 0.648. The Morgan fingerprint density at radius 2 is 2.13 bits per heavy atom. The molecule has 0 saturated carbocycles. The number of alkyl halides is 2. The number of halogens is 3. The highest BCUT2D eigenvalue weighted by atomic mass is 35.5. The molecule has 82 valence electrons. The molecule has 1 aromatic carbocycles. The molecular formula is C8H6ClF2NO3. The fraction of sp³-hybridized carbons (Fsp3) is 0.250. The summed E-state index contributed by atoms with van der Waals surface area (Å²) in [6.45, 7) is -1.53. The first-order chi connectivity index (χ1) is 6.90. The third-order valence-corrected chi connectivity index (χ3v) is 2.07. The molecule has 0 radical (unpaired) electrons. The molecule has 0 fully saturated rings. The van der Waals surface area contributed by atoms with Crippen LogP contribution in [-0.4, -0.2) is 16.6 Å². The molecule has 0 unspecified atom stereocenters. The number of rotatable bonds is 3. The molecule has 0 amide bonds. The zero-order valence-corrected chi connectivity index (χ0v) is 8.04. The summed E-state index contributed by atoms with van der Waals surface area (Å²) in [7, 11) is 0. The molecule has 0 spiro atoms. The Morgan fingerprint density at radius 1 is 1.53 bits per heavy atom. The van der Waals surface area contributed by atoms with Crippen molar-refractivity contribution in [3.05, 3.63) is 38.9 Å². The van der Waals surface area contributed by atoms with Crippen LogP contribution in [-0.2, 0) is 5.92 Å². The lowest BCUT2D eigenvalue weighted by atomic mass is 10.1. The fourth-order valence-corrected chi connectivity index (χ4v) is 1.41. The maximum absolute atomic E-state index is 13.1. The van der Waals surface area contributed by atoms with Crippen LogP contribution < -0.4 is 0 Å². The van der Waals surface area contributed by atoms with Crippen LogP contribution in [0, 0.1) is 10.1 Å². The van der Waals surface area contributed by atoms with Crippen LogP contribution in [0.4, 0.5) is 14.5 Å². The van der Waals surface area contributed by atoms with E-state index in [2.05, 4.69) is 0 Å². The summed E-state index contributed by atoms with van der Waals surface area (Å²) in [4.78, 5) is 9.50. The summed E-state index contributed by atoms with van der Waals surface area (Å²) < 4.78 is 26.3. The van der Waals surface area contributed by atoms with E-state index in [1.54, 1.807) is 0 Å². The minimum absolute atomic E-state index is 0.441. The van der Waals surface area contributed by atoms with E-state index in [0.717, 1.165) is 12.1 Å². The number of hydrogen-bond acceptors (Lipinski definition) is 3. The molecule has 15 heavy (non-hydrogen) atoms. The molecule has 0 bridgehead atoms. The first kappa shape index (κ1) is 11.8. The van der Waals surface area contributed by atoms with E-state index in [9.17, 15) is 18.9 Å². The van der Waals surface area contributed by atoms with Crippen molar-refractivity contribution < 1.29 is 18.8 Å². The molecule has 0 aliphatic carbocycles. The summed E-state index contributed by atoms with van der Waals surface area (Å²) in [5.41, 5.74) is -1.76. The highest BCUT2D eigenvalue weighted by molar-refractivity contribution is 6.31. The number of nitro groups is 1. The van der Waals surface area contributed by atoms with Gasteiger partial charge in [-0.3, -0.25) is 10.1 Å². The maximum atomic E-state index is 13.1. The van der Waals surface area contributed by atoms with Gasteiger partial charge in [0.15, 0.2) is 0 Å². The zero-order valence-electron chi connectivity index (χ0n) is 7.28. The zero-order chi connectivity index (χ0) is 11.6. The number of nitro benzene ring substituents is 1. The summed E-state index contributed by atoms with van der Waals surface area (Å²) in [6, 6.07) is 3.20. The smallest absolute Gasteiger partial charge is 0.303 e. The van der Waals surface area contributed by atoms with Crippen molar-refractivity contribution in [1.82, 2.24) is 0 Å². The van der Waals surface area contributed by atoms with Crippen molar-refractivity contribution >= 4 is 17.3 Å². The van der Waals surface area contributed by atoms with Gasteiger partial charge in [0.05, 0.1) is 9.95 Å². The SMILES string of the molecule is O=[N+]([O-])c1cccc(Cl)c1C(F)(F)CO. The molecule has 0 heterocycles. The third-order valence-electron chi connectivity index (χ3n) is 1.75. The third kappa shape index (κ3) is 2.21. The molecular weight excluding hydrogens is 232 g/mol. The van der Waals surface area contributed by atoms with Crippen LogP contribution in [0.25, 0.3) is 0 Å². The van der Waals surface area contributed by atoms with Gasteiger partial charge in [-0.2, -0.15) is 8.78 Å². The van der Waals surface area contributed by atoms with E-state index in [4.69, 9.17) is 16.7 Å². The average Bonchev–Trinajstić information content (AvgIpc) is 2.17. The number of nitrogens with zero attached hydrogens (tertiary/aromatic N) is 1. The second-order valence-corrected chi connectivity index (χ2v) is 3.16. The van der Waals surface area contributed by atoms with Crippen LogP contribution in [0.3, 0.4) is 0 Å². The van der Waals surface area contributed by atoms with E-state index in [1.165, 1.54) is 6.07 Å². The maximum Gasteiger partial charge on any atom is 0.303 e. The number of benzene rings is 1. The lowest BCUT2D eigenvalue weighted by Gasteiger charge is -2.14. The Labute approximate surface area is 88.2 Å². The minimum atomic E-state index is -3.72. The van der Waals surface area contributed by atoms with Gasteiger partial charge in [-0.1, -0.05) is 17.7 Å². The van der Waals surface area contributed by atoms with E-state index < -0.39 is 33.7 Å². The highest BCUT2D eigenvalue weighted by Gasteiger charge is 2.39. The Morgan fingerprint density at radius 3 is 2.60 bits per heavy atom. The first-order valence-electron chi connectivity index (χ1n) is 3.82. The van der Waals surface area contributed by atoms with Crippen LogP contribution in [0.5, 0.6) is 0 Å². The van der Waals surface area contributed by atoms with Gasteiger partial charge in [0.1, 0.15) is 12.2 Å². The van der Waals surface area contributed by atoms with Crippen molar-refractivity contribution in [3.8, 4) is 0 Å². The molecule has 1 N–H and O–H groups in total. The molecule has 1 rings (SSSR count). The Kier molecular flexibility index (Phi) is 3.21. The van der Waals surface area contributed by atoms with Gasteiger partial charge in [-0.15, -0.1) is 0 Å². The molecule has 7 heteroatoms. The lowest BCUT2D eigenvalue weighted by Crippen LogP contribution is -2.20. The molecule has 0 saturated heterocycles. The van der Waals surface area contributed by atoms with Gasteiger partial charge in [0.25, 0.3) is 5.69 Å². The van der Waals surface area contributed by atoms with Crippen molar-refractivity contribution in [3.63, 3.8) is 0 Å². The van der Waals surface area contributed by atoms with Gasteiger partial charge in [0, 0.05) is 6.07 Å². The molecule has 0 aliphatic rings. The molecule has 0 aliphatic heterocycles. The number of aliphatic hydroxyl groups excluding tert-OH is 1.